The summed E-state index contributed by atoms with van der Waals surface area (Å²) in [5.41, 5.74) is 8.20. The lowest BCUT2D eigenvalue weighted by Gasteiger charge is -2.07. The van der Waals surface area contributed by atoms with Crippen LogP contribution in [0.4, 0.5) is 5.69 Å². The molecule has 2 aromatic carbocycles. The molecule has 3 nitrogen and oxygen atoms in total. The van der Waals surface area contributed by atoms with Gasteiger partial charge in [0.2, 0.25) is 0 Å². The molecule has 2 N–H and O–H groups in total. The molecule has 0 bridgehead atoms. The largest absolute Gasteiger partial charge is 0.497 e. The summed E-state index contributed by atoms with van der Waals surface area (Å²) in [6.07, 6.45) is 2.24. The minimum atomic E-state index is 0.0843. The Morgan fingerprint density at radius 3 is 2.55 bits per heavy atom. The number of ether oxygens (including phenoxy) is 1. The minimum absolute atomic E-state index is 0.0843. The second-order valence-corrected chi connectivity index (χ2v) is 4.72. The van der Waals surface area contributed by atoms with Gasteiger partial charge in [-0.15, -0.1) is 0 Å². The molecule has 0 saturated heterocycles. The summed E-state index contributed by atoms with van der Waals surface area (Å²) in [4.78, 5) is 12.1. The van der Waals surface area contributed by atoms with Gasteiger partial charge in [-0.05, 0) is 30.5 Å². The summed E-state index contributed by atoms with van der Waals surface area (Å²) in [5.74, 6) is 0.754. The van der Waals surface area contributed by atoms with Crippen LogP contribution in [-0.2, 0) is 6.42 Å². The van der Waals surface area contributed by atoms with E-state index in [1.807, 2.05) is 18.2 Å². The quantitative estimate of drug-likeness (QED) is 0.645. The third kappa shape index (κ3) is 3.60. The number of hydrogen-bond acceptors (Lipinski definition) is 3. The Bertz CT molecular complexity index is 579. The number of aryl methyl sites for hydroxylation is 1. The summed E-state index contributed by atoms with van der Waals surface area (Å²) in [7, 11) is 1.58. The molecule has 0 aromatic heterocycles. The van der Waals surface area contributed by atoms with Crippen molar-refractivity contribution in [3.63, 3.8) is 0 Å². The molecule has 3 heteroatoms. The molecule has 104 valence electrons. The molecule has 20 heavy (non-hydrogen) atoms. The lowest BCUT2D eigenvalue weighted by atomic mass is 10.0. The molecule has 2 aromatic rings. The van der Waals surface area contributed by atoms with Crippen LogP contribution >= 0.6 is 0 Å². The number of anilines is 1. The summed E-state index contributed by atoms with van der Waals surface area (Å²) in [5, 5.41) is 0. The van der Waals surface area contributed by atoms with Gasteiger partial charge in [0.05, 0.1) is 7.11 Å². The van der Waals surface area contributed by atoms with Crippen molar-refractivity contribution in [2.75, 3.05) is 12.8 Å². The molecule has 0 atom stereocenters. The average Bonchev–Trinajstić information content (AvgIpc) is 2.48. The first-order chi connectivity index (χ1) is 9.70. The van der Waals surface area contributed by atoms with E-state index in [1.165, 1.54) is 5.56 Å². The van der Waals surface area contributed by atoms with Crippen molar-refractivity contribution in [3.8, 4) is 5.75 Å². The number of nitrogen functional groups attached to an aromatic ring is 1. The van der Waals surface area contributed by atoms with Gasteiger partial charge in [-0.3, -0.25) is 4.79 Å². The highest BCUT2D eigenvalue weighted by atomic mass is 16.5. The smallest absolute Gasteiger partial charge is 0.164 e. The number of methoxy groups -OCH3 is 1. The average molecular weight is 269 g/mol. The number of carbonyl (C=O) groups excluding carboxylic acids is 1. The molecule has 0 aliphatic carbocycles. The maximum atomic E-state index is 12.1. The zero-order valence-corrected chi connectivity index (χ0v) is 11.6. The summed E-state index contributed by atoms with van der Waals surface area (Å²) in [6.45, 7) is 0. The van der Waals surface area contributed by atoms with E-state index in [1.54, 1.807) is 25.3 Å². The third-order valence-electron chi connectivity index (χ3n) is 3.27. The molecule has 0 unspecified atom stereocenters. The number of ketones is 1. The van der Waals surface area contributed by atoms with Crippen LogP contribution in [0.1, 0.15) is 28.8 Å². The van der Waals surface area contributed by atoms with Crippen molar-refractivity contribution in [1.82, 2.24) is 0 Å². The first-order valence-electron chi connectivity index (χ1n) is 6.71. The van der Waals surface area contributed by atoms with Gasteiger partial charge in [0, 0.05) is 23.7 Å². The highest BCUT2D eigenvalue weighted by molar-refractivity contribution is 6.00. The Labute approximate surface area is 119 Å². The topological polar surface area (TPSA) is 52.3 Å². The maximum absolute atomic E-state index is 12.1. The first kappa shape index (κ1) is 14.1. The predicted octanol–water partition coefficient (Wildman–Crippen LogP) is 3.48. The van der Waals surface area contributed by atoms with Crippen LogP contribution in [0.5, 0.6) is 5.75 Å². The number of nitrogens with two attached hydrogens (primary N) is 1. The zero-order chi connectivity index (χ0) is 14.4. The van der Waals surface area contributed by atoms with Gasteiger partial charge in [0.15, 0.2) is 5.78 Å². The fourth-order valence-corrected chi connectivity index (χ4v) is 2.15. The van der Waals surface area contributed by atoms with Crippen LogP contribution in [0.2, 0.25) is 0 Å². The highest BCUT2D eigenvalue weighted by Crippen LogP contribution is 2.21. The highest BCUT2D eigenvalue weighted by Gasteiger charge is 2.10. The van der Waals surface area contributed by atoms with Crippen molar-refractivity contribution >= 4 is 11.5 Å². The molecule has 0 spiro atoms. The van der Waals surface area contributed by atoms with Crippen LogP contribution in [0.3, 0.4) is 0 Å². The molecular formula is C17H19NO2. The van der Waals surface area contributed by atoms with Crippen LogP contribution in [0, 0.1) is 0 Å². The van der Waals surface area contributed by atoms with E-state index in [-0.39, 0.29) is 5.78 Å². The second-order valence-electron chi connectivity index (χ2n) is 4.72. The van der Waals surface area contributed by atoms with Gasteiger partial charge in [0.25, 0.3) is 0 Å². The number of benzene rings is 2. The Hall–Kier alpha value is -2.29. The van der Waals surface area contributed by atoms with Gasteiger partial charge in [-0.1, -0.05) is 30.3 Å². The molecular weight excluding hydrogens is 250 g/mol. The van der Waals surface area contributed by atoms with Gasteiger partial charge in [0.1, 0.15) is 5.75 Å². The van der Waals surface area contributed by atoms with E-state index < -0.39 is 0 Å². The Kier molecular flexibility index (Phi) is 4.77. The predicted molar refractivity (Wildman–Crippen MR) is 81.1 cm³/mol. The number of rotatable bonds is 6. The summed E-state index contributed by atoms with van der Waals surface area (Å²) >= 11 is 0. The molecule has 0 saturated carbocycles. The first-order valence-corrected chi connectivity index (χ1v) is 6.71. The van der Waals surface area contributed by atoms with E-state index >= 15 is 0 Å². The van der Waals surface area contributed by atoms with Crippen LogP contribution in [0.15, 0.2) is 48.5 Å². The van der Waals surface area contributed by atoms with E-state index in [9.17, 15) is 4.79 Å². The van der Waals surface area contributed by atoms with Crippen LogP contribution < -0.4 is 10.5 Å². The lowest BCUT2D eigenvalue weighted by molar-refractivity contribution is 0.0981. The fourth-order valence-electron chi connectivity index (χ4n) is 2.15. The molecule has 0 aliphatic rings. The summed E-state index contributed by atoms with van der Waals surface area (Å²) in [6, 6.07) is 15.4. The Balaban J connectivity index is 1.92. The van der Waals surface area contributed by atoms with Crippen molar-refractivity contribution in [2.45, 2.75) is 19.3 Å². The molecule has 0 aliphatic heterocycles. The van der Waals surface area contributed by atoms with Crippen molar-refractivity contribution in [1.29, 1.82) is 0 Å². The molecule has 0 heterocycles. The normalized spacial score (nSPS) is 10.2. The summed E-state index contributed by atoms with van der Waals surface area (Å²) < 4.78 is 5.08. The van der Waals surface area contributed by atoms with Gasteiger partial charge < -0.3 is 10.5 Å². The number of Topliss-reactive ketones (excluding diaryl/α,β-unsaturated/α-hetero) is 1. The minimum Gasteiger partial charge on any atom is -0.497 e. The van der Waals surface area contributed by atoms with Gasteiger partial charge in [-0.2, -0.15) is 0 Å². The van der Waals surface area contributed by atoms with Gasteiger partial charge in [-0.25, -0.2) is 0 Å². The van der Waals surface area contributed by atoms with E-state index in [2.05, 4.69) is 12.1 Å². The van der Waals surface area contributed by atoms with Crippen LogP contribution in [0.25, 0.3) is 0 Å². The van der Waals surface area contributed by atoms with Crippen molar-refractivity contribution in [3.05, 3.63) is 59.7 Å². The maximum Gasteiger partial charge on any atom is 0.164 e. The van der Waals surface area contributed by atoms with Crippen LogP contribution in [-0.4, -0.2) is 12.9 Å². The van der Waals surface area contributed by atoms with E-state index in [4.69, 9.17) is 10.5 Å². The zero-order valence-electron chi connectivity index (χ0n) is 11.6. The molecule has 2 rings (SSSR count). The molecule has 0 fully saturated rings. The molecule has 0 radical (unpaired) electrons. The Morgan fingerprint density at radius 2 is 1.90 bits per heavy atom. The Morgan fingerprint density at radius 1 is 1.15 bits per heavy atom. The van der Waals surface area contributed by atoms with Gasteiger partial charge >= 0.3 is 0 Å². The number of hydrogen-bond donors (Lipinski definition) is 1. The standard InChI is InChI=1S/C17H19NO2/c1-20-14-10-11-15(16(18)12-14)17(19)9-5-8-13-6-3-2-4-7-13/h2-4,6-7,10-12H,5,8-9,18H2,1H3. The number of carbonyl (C=O) groups is 1. The van der Waals surface area contributed by atoms with Crippen molar-refractivity contribution in [2.24, 2.45) is 0 Å². The monoisotopic (exact) mass is 269 g/mol. The second kappa shape index (κ2) is 6.75. The lowest BCUT2D eigenvalue weighted by Crippen LogP contribution is -2.04. The van der Waals surface area contributed by atoms with E-state index in [0.717, 1.165) is 12.8 Å². The molecule has 0 amide bonds. The SMILES string of the molecule is COc1ccc(C(=O)CCCc2ccccc2)c(N)c1. The fraction of sp³-hybridized carbons (Fsp3) is 0.235. The van der Waals surface area contributed by atoms with E-state index in [0.29, 0.717) is 23.4 Å². The third-order valence-corrected chi connectivity index (χ3v) is 3.27. The van der Waals surface area contributed by atoms with Crippen molar-refractivity contribution < 1.29 is 9.53 Å².